The third kappa shape index (κ3) is 7.97. The second kappa shape index (κ2) is 13.3. The van der Waals surface area contributed by atoms with Gasteiger partial charge in [-0.1, -0.05) is 52.7 Å². The van der Waals surface area contributed by atoms with Gasteiger partial charge in [0.05, 0.1) is 23.7 Å². The van der Waals surface area contributed by atoms with Gasteiger partial charge in [0, 0.05) is 24.0 Å². The molecular weight excluding hydrogens is 589 g/mol. The van der Waals surface area contributed by atoms with Crippen molar-refractivity contribution in [3.05, 3.63) is 59.5 Å². The number of carbonyl (C=O) groups is 1. The molecule has 1 aromatic heterocycles. The minimum absolute atomic E-state index is 0.0463. The number of sulfonamides is 1. The number of anilines is 1. The van der Waals surface area contributed by atoms with Crippen LogP contribution in [0.15, 0.2) is 42.5 Å². The molecule has 2 aliphatic rings. The molecule has 0 saturated heterocycles. The van der Waals surface area contributed by atoms with Gasteiger partial charge in [-0.2, -0.15) is 5.10 Å². The molecule has 45 heavy (non-hydrogen) atoms. The summed E-state index contributed by atoms with van der Waals surface area (Å²) in [5, 5.41) is 4.56. The zero-order chi connectivity index (χ0) is 32.5. The smallest absolute Gasteiger partial charge is 0.230 e. The van der Waals surface area contributed by atoms with E-state index in [-0.39, 0.29) is 35.1 Å². The number of benzene rings is 2. The van der Waals surface area contributed by atoms with E-state index in [0.717, 1.165) is 68.7 Å². The summed E-state index contributed by atoms with van der Waals surface area (Å²) in [6, 6.07) is 12.5. The quantitative estimate of drug-likeness (QED) is 0.203. The lowest BCUT2D eigenvalue weighted by atomic mass is 9.77. The Kier molecular flexibility index (Phi) is 9.78. The summed E-state index contributed by atoms with van der Waals surface area (Å²) in [5.41, 5.74) is 3.70. The van der Waals surface area contributed by atoms with Crippen molar-refractivity contribution in [2.24, 2.45) is 17.3 Å². The van der Waals surface area contributed by atoms with Crippen molar-refractivity contribution in [1.82, 2.24) is 9.78 Å². The monoisotopic (exact) mass is 637 g/mol. The Morgan fingerprint density at radius 3 is 2.56 bits per heavy atom. The molecule has 5 rings (SSSR count). The van der Waals surface area contributed by atoms with Gasteiger partial charge in [-0.25, -0.2) is 17.5 Å². The Balaban J connectivity index is 1.44. The highest BCUT2D eigenvalue weighted by Crippen LogP contribution is 2.46. The number of rotatable bonds is 13. The van der Waals surface area contributed by atoms with Gasteiger partial charge < -0.3 is 4.74 Å². The number of aryl methyl sites for hydroxylation is 1. The van der Waals surface area contributed by atoms with Gasteiger partial charge in [-0.05, 0) is 98.1 Å². The molecule has 3 atom stereocenters. The van der Waals surface area contributed by atoms with Crippen molar-refractivity contribution in [2.45, 2.75) is 104 Å². The van der Waals surface area contributed by atoms with E-state index < -0.39 is 10.0 Å². The maximum atomic E-state index is 15.4. The van der Waals surface area contributed by atoms with Crippen LogP contribution in [0.25, 0.3) is 16.8 Å². The van der Waals surface area contributed by atoms with Crippen LogP contribution in [0.1, 0.15) is 103 Å². The third-order valence-electron chi connectivity index (χ3n) is 9.83. The number of ether oxygens (including phenoxy) is 1. The first-order chi connectivity index (χ1) is 21.2. The van der Waals surface area contributed by atoms with Gasteiger partial charge in [0.1, 0.15) is 23.2 Å². The van der Waals surface area contributed by atoms with E-state index in [1.54, 1.807) is 23.7 Å². The molecule has 0 amide bonds. The molecule has 2 saturated carbocycles. The number of carbonyl (C=O) groups excluding carboxylic acids is 1. The molecule has 1 heterocycles. The van der Waals surface area contributed by atoms with Crippen LogP contribution >= 0.6 is 0 Å². The number of nitrogens with one attached hydrogen (secondary N) is 1. The number of hydrogen-bond acceptors (Lipinski definition) is 5. The first kappa shape index (κ1) is 33.2. The number of hydrogen-bond donors (Lipinski definition) is 1. The molecular formula is C36H48FN3O4S. The SMILES string of the molecule is CCC(C)(C)C[C@H](C)C(=O)C[C@@H]1CC[C@@H](Oc2ccc(-n3nc(C)cc3NS(C)(=O)=O)cc2-c2cccc(F)c2C2CCC2)C1. The van der Waals surface area contributed by atoms with Gasteiger partial charge in [-0.15, -0.1) is 0 Å². The lowest BCUT2D eigenvalue weighted by Crippen LogP contribution is -2.22. The third-order valence-corrected chi connectivity index (χ3v) is 10.4. The molecule has 9 heteroatoms. The van der Waals surface area contributed by atoms with E-state index in [1.165, 1.54) is 6.07 Å². The van der Waals surface area contributed by atoms with Gasteiger partial charge in [0.15, 0.2) is 0 Å². The number of nitrogens with zero attached hydrogens (tertiary/aromatic N) is 2. The fourth-order valence-corrected chi connectivity index (χ4v) is 7.40. The summed E-state index contributed by atoms with van der Waals surface area (Å²) >= 11 is 0. The number of halogens is 1. The maximum Gasteiger partial charge on any atom is 0.230 e. The second-order valence-electron chi connectivity index (χ2n) is 14.2. The van der Waals surface area contributed by atoms with E-state index in [1.807, 2.05) is 24.3 Å². The summed E-state index contributed by atoms with van der Waals surface area (Å²) in [7, 11) is -3.54. The average Bonchev–Trinajstić information content (AvgIpc) is 3.53. The molecule has 2 fully saturated rings. The Morgan fingerprint density at radius 2 is 1.89 bits per heavy atom. The van der Waals surface area contributed by atoms with Gasteiger partial charge in [0.25, 0.3) is 0 Å². The van der Waals surface area contributed by atoms with E-state index >= 15 is 4.39 Å². The zero-order valence-corrected chi connectivity index (χ0v) is 28.3. The van der Waals surface area contributed by atoms with Crippen molar-refractivity contribution in [3.63, 3.8) is 0 Å². The van der Waals surface area contributed by atoms with Crippen LogP contribution in [-0.4, -0.2) is 36.3 Å². The molecule has 0 unspecified atom stereocenters. The predicted molar refractivity (Wildman–Crippen MR) is 178 cm³/mol. The highest BCUT2D eigenvalue weighted by molar-refractivity contribution is 7.92. The number of aromatic nitrogens is 2. The molecule has 0 aliphatic heterocycles. The molecule has 0 bridgehead atoms. The van der Waals surface area contributed by atoms with Crippen molar-refractivity contribution < 1.29 is 22.3 Å². The highest BCUT2D eigenvalue weighted by atomic mass is 32.2. The Morgan fingerprint density at radius 1 is 1.13 bits per heavy atom. The fraction of sp³-hybridized carbons (Fsp3) is 0.556. The summed E-state index contributed by atoms with van der Waals surface area (Å²) in [4.78, 5) is 13.1. The molecule has 1 N–H and O–H groups in total. The zero-order valence-electron chi connectivity index (χ0n) is 27.5. The molecule has 7 nitrogen and oxygen atoms in total. The van der Waals surface area contributed by atoms with Crippen LogP contribution in [0.4, 0.5) is 10.2 Å². The largest absolute Gasteiger partial charge is 0.490 e. The lowest BCUT2D eigenvalue weighted by Gasteiger charge is -2.29. The van der Waals surface area contributed by atoms with E-state index in [9.17, 15) is 13.2 Å². The molecule has 2 aliphatic carbocycles. The Labute approximate surface area is 268 Å². The topological polar surface area (TPSA) is 90.3 Å². The van der Waals surface area contributed by atoms with E-state index in [2.05, 4.69) is 37.5 Å². The van der Waals surface area contributed by atoms with Crippen LogP contribution in [0.2, 0.25) is 0 Å². The summed E-state index contributed by atoms with van der Waals surface area (Å²) in [6.45, 7) is 10.5. The summed E-state index contributed by atoms with van der Waals surface area (Å²) in [5.74, 6) is 1.58. The minimum Gasteiger partial charge on any atom is -0.490 e. The number of Topliss-reactive ketones (excluding diaryl/α,β-unsaturated/α-hetero) is 1. The standard InChI is InChI=1S/C36H48FN3O4S/c1-7-36(4,5)22-23(2)32(41)20-25-14-16-28(19-25)44-33-17-15-27(40-34(18-24(3)38-40)39-45(6,42)43)21-30(33)29-12-9-13-31(37)35(29)26-10-8-11-26/h9,12-13,15,17-18,21,23,25-26,28,39H,7-8,10-11,14,16,19-20,22H2,1-6H3/t23-,25+,28+/m0/s1. The van der Waals surface area contributed by atoms with Crippen molar-refractivity contribution in [2.75, 3.05) is 11.0 Å². The van der Waals surface area contributed by atoms with Crippen LogP contribution in [0.5, 0.6) is 5.75 Å². The summed E-state index contributed by atoms with van der Waals surface area (Å²) < 4.78 is 50.4. The fourth-order valence-electron chi connectivity index (χ4n) is 6.88. The molecule has 244 valence electrons. The number of ketones is 1. The van der Waals surface area contributed by atoms with Crippen molar-refractivity contribution in [1.29, 1.82) is 0 Å². The van der Waals surface area contributed by atoms with Gasteiger partial charge >= 0.3 is 0 Å². The molecule has 0 radical (unpaired) electrons. The van der Waals surface area contributed by atoms with Crippen LogP contribution in [0, 0.1) is 30.0 Å². The Bertz CT molecular complexity index is 1640. The second-order valence-corrected chi connectivity index (χ2v) is 15.9. The van der Waals surface area contributed by atoms with Crippen LogP contribution in [0.3, 0.4) is 0 Å². The van der Waals surface area contributed by atoms with Crippen molar-refractivity contribution >= 4 is 21.6 Å². The van der Waals surface area contributed by atoms with Crippen LogP contribution < -0.4 is 9.46 Å². The maximum absolute atomic E-state index is 15.4. The predicted octanol–water partition coefficient (Wildman–Crippen LogP) is 8.59. The van der Waals surface area contributed by atoms with Gasteiger partial charge in [0.2, 0.25) is 10.0 Å². The first-order valence-electron chi connectivity index (χ1n) is 16.4. The van der Waals surface area contributed by atoms with Gasteiger partial charge in [-0.3, -0.25) is 9.52 Å². The van der Waals surface area contributed by atoms with E-state index in [0.29, 0.717) is 40.7 Å². The minimum atomic E-state index is -3.54. The molecule has 3 aromatic rings. The van der Waals surface area contributed by atoms with Crippen LogP contribution in [-0.2, 0) is 14.8 Å². The first-order valence-corrected chi connectivity index (χ1v) is 18.3. The lowest BCUT2D eigenvalue weighted by molar-refractivity contribution is -0.124. The normalized spacial score (nSPS) is 19.7. The van der Waals surface area contributed by atoms with Crippen molar-refractivity contribution in [3.8, 4) is 22.6 Å². The summed E-state index contributed by atoms with van der Waals surface area (Å²) in [6.07, 6.45) is 9.14. The molecule has 2 aromatic carbocycles. The average molecular weight is 638 g/mol. The van der Waals surface area contributed by atoms with E-state index in [4.69, 9.17) is 4.74 Å². The highest BCUT2D eigenvalue weighted by Gasteiger charge is 2.32. The Hall–Kier alpha value is -3.20. The molecule has 0 spiro atoms.